The Bertz CT molecular complexity index is 538. The van der Waals surface area contributed by atoms with Crippen molar-refractivity contribution in [3.8, 4) is 6.07 Å². The highest BCUT2D eigenvalue weighted by molar-refractivity contribution is 5.70. The number of aryl methyl sites for hydroxylation is 1. The van der Waals surface area contributed by atoms with Gasteiger partial charge in [0.05, 0.1) is 29.3 Å². The molecular weight excluding hydrogens is 246 g/mol. The zero-order valence-corrected chi connectivity index (χ0v) is 10.5. The van der Waals surface area contributed by atoms with Crippen LogP contribution in [0.25, 0.3) is 0 Å². The molecule has 19 heavy (non-hydrogen) atoms. The summed E-state index contributed by atoms with van der Waals surface area (Å²) < 4.78 is 0. The molecular formula is C13H15N3O3. The number of aliphatic hydroxyl groups excluding tert-OH is 1. The van der Waals surface area contributed by atoms with Gasteiger partial charge >= 0.3 is 5.97 Å². The Morgan fingerprint density at radius 3 is 2.79 bits per heavy atom. The minimum atomic E-state index is -0.882. The van der Waals surface area contributed by atoms with E-state index in [0.717, 1.165) is 0 Å². The van der Waals surface area contributed by atoms with Crippen LogP contribution >= 0.6 is 0 Å². The molecule has 1 aromatic rings. The molecule has 1 aromatic heterocycles. The maximum absolute atomic E-state index is 10.9. The van der Waals surface area contributed by atoms with Gasteiger partial charge < -0.3 is 15.5 Å². The van der Waals surface area contributed by atoms with Crippen molar-refractivity contribution >= 4 is 11.8 Å². The van der Waals surface area contributed by atoms with Gasteiger partial charge in [0, 0.05) is 0 Å². The molecule has 3 N–H and O–H groups in total. The average Bonchev–Trinajstić information content (AvgIpc) is 2.71. The van der Waals surface area contributed by atoms with Gasteiger partial charge in [-0.15, -0.1) is 0 Å². The summed E-state index contributed by atoms with van der Waals surface area (Å²) in [6.45, 7) is 1.73. The fourth-order valence-corrected chi connectivity index (χ4v) is 2.32. The molecule has 0 amide bonds. The monoisotopic (exact) mass is 261 g/mol. The number of anilines is 1. The fraction of sp³-hybridized carbons (Fsp3) is 0.462. The van der Waals surface area contributed by atoms with Crippen molar-refractivity contribution in [2.75, 3.05) is 5.32 Å². The molecule has 3 unspecified atom stereocenters. The summed E-state index contributed by atoms with van der Waals surface area (Å²) in [5.74, 6) is -0.856. The summed E-state index contributed by atoms with van der Waals surface area (Å²) in [4.78, 5) is 15.1. The molecule has 2 rings (SSSR count). The molecule has 6 nitrogen and oxygen atoms in total. The Hall–Kier alpha value is -2.13. The highest BCUT2D eigenvalue weighted by atomic mass is 16.4. The number of carboxylic acid groups (broad SMARTS) is 1. The summed E-state index contributed by atoms with van der Waals surface area (Å²) >= 11 is 0. The lowest BCUT2D eigenvalue weighted by Crippen LogP contribution is -2.28. The standard InChI is InChI=1S/C13H15N3O3/c1-7-8(6-14)2-3-12(15-7)16-10-4-9(13(18)19)5-11(10)17/h2-3,9-11,17H,4-5H2,1H3,(H,15,16)(H,18,19). The van der Waals surface area contributed by atoms with Crippen LogP contribution < -0.4 is 5.32 Å². The molecule has 100 valence electrons. The van der Waals surface area contributed by atoms with E-state index < -0.39 is 18.0 Å². The number of hydrogen-bond donors (Lipinski definition) is 3. The van der Waals surface area contributed by atoms with Gasteiger partial charge in [-0.1, -0.05) is 0 Å². The molecule has 0 bridgehead atoms. The Morgan fingerprint density at radius 2 is 2.26 bits per heavy atom. The molecule has 1 saturated carbocycles. The minimum Gasteiger partial charge on any atom is -0.481 e. The topological polar surface area (TPSA) is 106 Å². The quantitative estimate of drug-likeness (QED) is 0.746. The first-order chi connectivity index (χ1) is 9.01. The van der Waals surface area contributed by atoms with Crippen molar-refractivity contribution in [2.24, 2.45) is 5.92 Å². The Labute approximate surface area is 110 Å². The van der Waals surface area contributed by atoms with Crippen LogP contribution in [-0.4, -0.2) is 33.3 Å². The second kappa shape index (κ2) is 5.24. The third-order valence-corrected chi connectivity index (χ3v) is 3.42. The van der Waals surface area contributed by atoms with E-state index in [2.05, 4.69) is 10.3 Å². The number of carbonyl (C=O) groups is 1. The van der Waals surface area contributed by atoms with Crippen molar-refractivity contribution in [1.82, 2.24) is 4.98 Å². The minimum absolute atomic E-state index is 0.252. The maximum Gasteiger partial charge on any atom is 0.306 e. The van der Waals surface area contributed by atoms with Crippen LogP contribution in [0, 0.1) is 24.2 Å². The number of nitriles is 1. The lowest BCUT2D eigenvalue weighted by atomic mass is 10.1. The van der Waals surface area contributed by atoms with Gasteiger partial charge in [-0.3, -0.25) is 4.79 Å². The van der Waals surface area contributed by atoms with Gasteiger partial charge in [0.2, 0.25) is 0 Å². The van der Waals surface area contributed by atoms with E-state index in [1.807, 2.05) is 6.07 Å². The second-order valence-electron chi connectivity index (χ2n) is 4.77. The maximum atomic E-state index is 10.9. The smallest absolute Gasteiger partial charge is 0.306 e. The van der Waals surface area contributed by atoms with Gasteiger partial charge in [-0.2, -0.15) is 5.26 Å². The summed E-state index contributed by atoms with van der Waals surface area (Å²) in [5, 5.41) is 30.6. The van der Waals surface area contributed by atoms with Crippen molar-refractivity contribution in [3.05, 3.63) is 23.4 Å². The van der Waals surface area contributed by atoms with Crippen molar-refractivity contribution < 1.29 is 15.0 Å². The third-order valence-electron chi connectivity index (χ3n) is 3.42. The number of aliphatic hydroxyl groups is 1. The zero-order chi connectivity index (χ0) is 14.0. The second-order valence-corrected chi connectivity index (χ2v) is 4.77. The van der Waals surface area contributed by atoms with Crippen LogP contribution in [0.2, 0.25) is 0 Å². The van der Waals surface area contributed by atoms with Gasteiger partial charge in [-0.25, -0.2) is 4.98 Å². The van der Waals surface area contributed by atoms with Gasteiger partial charge in [-0.05, 0) is 31.9 Å². The van der Waals surface area contributed by atoms with Crippen LogP contribution in [-0.2, 0) is 4.79 Å². The lowest BCUT2D eigenvalue weighted by Gasteiger charge is -2.17. The van der Waals surface area contributed by atoms with Crippen LogP contribution in [0.15, 0.2) is 12.1 Å². The number of aromatic nitrogens is 1. The summed E-state index contributed by atoms with van der Waals surface area (Å²) in [6.07, 6.45) is -0.0710. The molecule has 0 aromatic carbocycles. The highest BCUT2D eigenvalue weighted by Gasteiger charge is 2.37. The summed E-state index contributed by atoms with van der Waals surface area (Å²) in [7, 11) is 0. The first-order valence-electron chi connectivity index (χ1n) is 6.06. The molecule has 1 aliphatic carbocycles. The lowest BCUT2D eigenvalue weighted by molar-refractivity contribution is -0.141. The predicted octanol–water partition coefficient (Wildman–Crippen LogP) is 0.898. The number of nitrogens with zero attached hydrogens (tertiary/aromatic N) is 2. The van der Waals surface area contributed by atoms with E-state index in [4.69, 9.17) is 10.4 Å². The zero-order valence-electron chi connectivity index (χ0n) is 10.5. The third kappa shape index (κ3) is 2.83. The number of aliphatic carboxylic acids is 1. The van der Waals surface area contributed by atoms with E-state index in [0.29, 0.717) is 23.5 Å². The van der Waals surface area contributed by atoms with Gasteiger partial charge in [0.15, 0.2) is 0 Å². The SMILES string of the molecule is Cc1nc(NC2CC(C(=O)O)CC2O)ccc1C#N. The Balaban J connectivity index is 2.08. The average molecular weight is 261 g/mol. The first kappa shape index (κ1) is 13.3. The van der Waals surface area contributed by atoms with Crippen molar-refractivity contribution in [1.29, 1.82) is 5.26 Å². The number of nitrogens with one attached hydrogen (secondary N) is 1. The molecule has 1 aliphatic rings. The number of pyridine rings is 1. The number of hydrogen-bond acceptors (Lipinski definition) is 5. The van der Waals surface area contributed by atoms with E-state index in [-0.39, 0.29) is 12.5 Å². The van der Waals surface area contributed by atoms with Crippen molar-refractivity contribution in [2.45, 2.75) is 31.9 Å². The normalized spacial score (nSPS) is 25.8. The predicted molar refractivity (Wildman–Crippen MR) is 67.5 cm³/mol. The number of carboxylic acids is 1. The van der Waals surface area contributed by atoms with Gasteiger partial charge in [0.1, 0.15) is 11.9 Å². The van der Waals surface area contributed by atoms with Crippen LogP contribution in [0.3, 0.4) is 0 Å². The summed E-state index contributed by atoms with van der Waals surface area (Å²) in [6, 6.07) is 5.02. The molecule has 0 saturated heterocycles. The molecule has 6 heteroatoms. The van der Waals surface area contributed by atoms with E-state index in [1.165, 1.54) is 0 Å². The highest BCUT2D eigenvalue weighted by Crippen LogP contribution is 2.28. The molecule has 0 spiro atoms. The Morgan fingerprint density at radius 1 is 1.53 bits per heavy atom. The molecule has 1 heterocycles. The van der Waals surface area contributed by atoms with E-state index >= 15 is 0 Å². The van der Waals surface area contributed by atoms with Crippen molar-refractivity contribution in [3.63, 3.8) is 0 Å². The first-order valence-corrected chi connectivity index (χ1v) is 6.06. The largest absolute Gasteiger partial charge is 0.481 e. The van der Waals surface area contributed by atoms with E-state index in [9.17, 15) is 9.90 Å². The molecule has 0 aliphatic heterocycles. The van der Waals surface area contributed by atoms with Gasteiger partial charge in [0.25, 0.3) is 0 Å². The molecule has 1 fully saturated rings. The Kier molecular flexibility index (Phi) is 3.67. The number of rotatable bonds is 3. The van der Waals surface area contributed by atoms with Crippen LogP contribution in [0.4, 0.5) is 5.82 Å². The fourth-order valence-electron chi connectivity index (χ4n) is 2.32. The molecule has 0 radical (unpaired) electrons. The summed E-state index contributed by atoms with van der Waals surface area (Å²) in [5.41, 5.74) is 1.11. The van der Waals surface area contributed by atoms with Crippen LogP contribution in [0.1, 0.15) is 24.1 Å². The molecule has 3 atom stereocenters. The van der Waals surface area contributed by atoms with Crippen LogP contribution in [0.5, 0.6) is 0 Å². The van der Waals surface area contributed by atoms with E-state index in [1.54, 1.807) is 19.1 Å².